The molecular formula is C7H5ClN4O2. The van der Waals surface area contributed by atoms with Crippen LogP contribution in [0, 0.1) is 0 Å². The summed E-state index contributed by atoms with van der Waals surface area (Å²) in [6.07, 6.45) is 1.56. The molecule has 0 bridgehead atoms. The Bertz CT molecular complexity index is 495. The van der Waals surface area contributed by atoms with Crippen LogP contribution in [0.15, 0.2) is 12.3 Å². The van der Waals surface area contributed by atoms with E-state index >= 15 is 0 Å². The van der Waals surface area contributed by atoms with Crippen molar-refractivity contribution >= 4 is 23.2 Å². The van der Waals surface area contributed by atoms with Crippen molar-refractivity contribution in [1.82, 2.24) is 19.8 Å². The molecule has 2 aromatic heterocycles. The Morgan fingerprint density at radius 1 is 1.64 bits per heavy atom. The highest BCUT2D eigenvalue weighted by Gasteiger charge is 2.16. The number of hydrogen-bond donors (Lipinski definition) is 0. The highest BCUT2D eigenvalue weighted by Crippen LogP contribution is 2.09. The molecule has 14 heavy (non-hydrogen) atoms. The molecule has 0 aromatic carbocycles. The normalized spacial score (nSPS) is 10.4. The van der Waals surface area contributed by atoms with Crippen LogP contribution < -0.4 is 0 Å². The number of rotatable bonds is 1. The summed E-state index contributed by atoms with van der Waals surface area (Å²) in [6, 6.07) is 1.55. The van der Waals surface area contributed by atoms with Crippen LogP contribution >= 0.6 is 11.6 Å². The lowest BCUT2D eigenvalue weighted by atomic mass is 10.4. The van der Waals surface area contributed by atoms with Gasteiger partial charge < -0.3 is 4.74 Å². The third-order valence-corrected chi connectivity index (χ3v) is 1.83. The van der Waals surface area contributed by atoms with Gasteiger partial charge in [-0.05, 0) is 6.07 Å². The second-order valence-electron chi connectivity index (χ2n) is 2.45. The predicted octanol–water partition coefficient (Wildman–Crippen LogP) is 0.564. The molecule has 0 aliphatic carbocycles. The van der Waals surface area contributed by atoms with Crippen LogP contribution in [0.2, 0.25) is 5.15 Å². The number of nitrogens with zero attached hydrogens (tertiary/aromatic N) is 4. The molecule has 72 valence electrons. The van der Waals surface area contributed by atoms with Gasteiger partial charge in [-0.3, -0.25) is 0 Å². The minimum absolute atomic E-state index is 0.0509. The van der Waals surface area contributed by atoms with Crippen molar-refractivity contribution in [1.29, 1.82) is 0 Å². The maximum absolute atomic E-state index is 11.2. The van der Waals surface area contributed by atoms with E-state index < -0.39 is 5.97 Å². The van der Waals surface area contributed by atoms with Crippen molar-refractivity contribution in [3.63, 3.8) is 0 Å². The molecule has 0 aliphatic heterocycles. The molecule has 0 N–H and O–H groups in total. The molecule has 6 nitrogen and oxygen atoms in total. The van der Waals surface area contributed by atoms with Crippen molar-refractivity contribution in [3.8, 4) is 0 Å². The van der Waals surface area contributed by atoms with Crippen molar-refractivity contribution in [3.05, 3.63) is 23.1 Å². The van der Waals surface area contributed by atoms with Crippen LogP contribution in [0.4, 0.5) is 0 Å². The van der Waals surface area contributed by atoms with Gasteiger partial charge in [0.2, 0.25) is 5.69 Å². The van der Waals surface area contributed by atoms with Gasteiger partial charge >= 0.3 is 5.97 Å². The molecule has 0 saturated heterocycles. The molecule has 2 aromatic rings. The Hall–Kier alpha value is -1.69. The first-order valence-electron chi connectivity index (χ1n) is 3.68. The van der Waals surface area contributed by atoms with Gasteiger partial charge in [0.15, 0.2) is 5.65 Å². The fourth-order valence-corrected chi connectivity index (χ4v) is 1.13. The number of fused-ring (bicyclic) bond motifs is 1. The summed E-state index contributed by atoms with van der Waals surface area (Å²) in [5.41, 5.74) is 0.333. The predicted molar refractivity (Wildman–Crippen MR) is 47.1 cm³/mol. The number of methoxy groups -OCH3 is 1. The Morgan fingerprint density at radius 2 is 2.43 bits per heavy atom. The van der Waals surface area contributed by atoms with Crippen LogP contribution in [-0.4, -0.2) is 32.9 Å². The van der Waals surface area contributed by atoms with E-state index in [-0.39, 0.29) is 16.5 Å². The minimum Gasteiger partial charge on any atom is -0.464 e. The van der Waals surface area contributed by atoms with Crippen LogP contribution in [0.25, 0.3) is 5.65 Å². The molecule has 0 aliphatic rings. The molecule has 0 spiro atoms. The lowest BCUT2D eigenvalue weighted by molar-refractivity contribution is 0.0596. The molecule has 0 saturated carbocycles. The zero-order valence-corrected chi connectivity index (χ0v) is 7.89. The number of hydrogen-bond acceptors (Lipinski definition) is 5. The molecule has 7 heteroatoms. The van der Waals surface area contributed by atoms with E-state index in [1.807, 2.05) is 0 Å². The van der Waals surface area contributed by atoms with Crippen LogP contribution in [0.5, 0.6) is 0 Å². The van der Waals surface area contributed by atoms with Crippen molar-refractivity contribution in [2.24, 2.45) is 0 Å². The first kappa shape index (κ1) is 8.89. The van der Waals surface area contributed by atoms with Gasteiger partial charge in [0.25, 0.3) is 0 Å². The number of halogens is 1. The summed E-state index contributed by atoms with van der Waals surface area (Å²) in [5.74, 6) is -0.588. The third-order valence-electron chi connectivity index (χ3n) is 1.61. The maximum atomic E-state index is 11.2. The van der Waals surface area contributed by atoms with Gasteiger partial charge in [-0.25, -0.2) is 14.3 Å². The van der Waals surface area contributed by atoms with E-state index in [9.17, 15) is 4.79 Å². The lowest BCUT2D eigenvalue weighted by Crippen LogP contribution is -2.03. The van der Waals surface area contributed by atoms with E-state index in [1.54, 1.807) is 12.3 Å². The number of esters is 1. The van der Waals surface area contributed by atoms with Crippen molar-refractivity contribution < 1.29 is 9.53 Å². The van der Waals surface area contributed by atoms with Gasteiger partial charge in [0.05, 0.1) is 7.11 Å². The quantitative estimate of drug-likeness (QED) is 0.511. The van der Waals surface area contributed by atoms with Crippen LogP contribution in [-0.2, 0) is 4.74 Å². The third kappa shape index (κ3) is 1.29. The minimum atomic E-state index is -0.588. The van der Waals surface area contributed by atoms with Gasteiger partial charge in [0, 0.05) is 6.20 Å². The van der Waals surface area contributed by atoms with Crippen LogP contribution in [0.1, 0.15) is 10.5 Å². The van der Waals surface area contributed by atoms with Gasteiger partial charge in [0.1, 0.15) is 5.15 Å². The molecular weight excluding hydrogens is 208 g/mol. The summed E-state index contributed by atoms with van der Waals surface area (Å²) in [6.45, 7) is 0. The molecule has 2 heterocycles. The fraction of sp³-hybridized carbons (Fsp3) is 0.143. The number of carbonyl (C=O) groups excluding carboxylic acids is 1. The average Bonchev–Trinajstić information content (AvgIpc) is 2.59. The summed E-state index contributed by atoms with van der Waals surface area (Å²) in [7, 11) is 1.26. The Balaban J connectivity index is 2.67. The number of carbonyl (C=O) groups is 1. The monoisotopic (exact) mass is 212 g/mol. The molecule has 2 rings (SSSR count). The zero-order chi connectivity index (χ0) is 10.1. The van der Waals surface area contributed by atoms with Crippen molar-refractivity contribution in [2.45, 2.75) is 0 Å². The van der Waals surface area contributed by atoms with E-state index in [0.29, 0.717) is 0 Å². The molecule has 0 fully saturated rings. The van der Waals surface area contributed by atoms with E-state index in [1.165, 1.54) is 11.6 Å². The van der Waals surface area contributed by atoms with Crippen molar-refractivity contribution in [2.75, 3.05) is 7.11 Å². The lowest BCUT2D eigenvalue weighted by Gasteiger charge is -1.94. The molecule has 0 unspecified atom stereocenters. The first-order valence-corrected chi connectivity index (χ1v) is 4.06. The average molecular weight is 213 g/mol. The fourth-order valence-electron chi connectivity index (χ4n) is 0.992. The van der Waals surface area contributed by atoms with Crippen LogP contribution in [0.3, 0.4) is 0 Å². The Kier molecular flexibility index (Phi) is 2.05. The van der Waals surface area contributed by atoms with E-state index in [2.05, 4.69) is 20.0 Å². The van der Waals surface area contributed by atoms with Gasteiger partial charge in [-0.15, -0.1) is 5.10 Å². The molecule has 0 atom stereocenters. The summed E-state index contributed by atoms with van der Waals surface area (Å²) in [4.78, 5) is 15.1. The standard InChI is InChI=1S/C7H5ClN4O2/c1-14-7(13)5-6-9-4(8)2-3-12(6)11-10-5/h2-3H,1H3. The summed E-state index contributed by atoms with van der Waals surface area (Å²) in [5, 5.41) is 7.57. The topological polar surface area (TPSA) is 69.4 Å². The van der Waals surface area contributed by atoms with Gasteiger partial charge in [-0.2, -0.15) is 0 Å². The first-order chi connectivity index (χ1) is 6.72. The smallest absolute Gasteiger partial charge is 0.362 e. The highest BCUT2D eigenvalue weighted by atomic mass is 35.5. The second kappa shape index (κ2) is 3.22. The largest absolute Gasteiger partial charge is 0.464 e. The molecule has 0 amide bonds. The molecule has 0 radical (unpaired) electrons. The van der Waals surface area contributed by atoms with E-state index in [4.69, 9.17) is 11.6 Å². The number of aromatic nitrogens is 4. The Morgan fingerprint density at radius 3 is 3.14 bits per heavy atom. The maximum Gasteiger partial charge on any atom is 0.362 e. The summed E-state index contributed by atoms with van der Waals surface area (Å²) < 4.78 is 5.85. The second-order valence-corrected chi connectivity index (χ2v) is 2.84. The number of ether oxygens (including phenoxy) is 1. The van der Waals surface area contributed by atoms with E-state index in [0.717, 1.165) is 0 Å². The summed E-state index contributed by atoms with van der Waals surface area (Å²) >= 11 is 5.66. The van der Waals surface area contributed by atoms with Gasteiger partial charge in [-0.1, -0.05) is 16.8 Å². The zero-order valence-electron chi connectivity index (χ0n) is 7.14. The highest BCUT2D eigenvalue weighted by molar-refractivity contribution is 6.29. The SMILES string of the molecule is COC(=O)c1nnn2ccc(Cl)nc12. The Labute approximate surface area is 83.5 Å².